The lowest BCUT2D eigenvalue weighted by molar-refractivity contribution is -0.139. The summed E-state index contributed by atoms with van der Waals surface area (Å²) >= 11 is 0. The zero-order chi connectivity index (χ0) is 15.1. The normalized spacial score (nSPS) is 13.2. The number of carboxylic acids is 1. The van der Waals surface area contributed by atoms with Crippen LogP contribution in [-0.2, 0) is 9.53 Å². The second kappa shape index (κ2) is 7.99. The molecule has 0 aromatic rings. The van der Waals surface area contributed by atoms with E-state index in [0.29, 0.717) is 19.6 Å². The highest BCUT2D eigenvalue weighted by Crippen LogP contribution is 2.07. The van der Waals surface area contributed by atoms with Crippen molar-refractivity contribution in [2.75, 3.05) is 13.2 Å². The number of nitrogens with one attached hydrogen (secondary N) is 2. The van der Waals surface area contributed by atoms with E-state index in [9.17, 15) is 9.59 Å². The van der Waals surface area contributed by atoms with Gasteiger partial charge in [0.25, 0.3) is 0 Å². The van der Waals surface area contributed by atoms with Gasteiger partial charge in [-0.3, -0.25) is 0 Å². The van der Waals surface area contributed by atoms with E-state index in [2.05, 4.69) is 10.6 Å². The van der Waals surface area contributed by atoms with Crippen LogP contribution in [0.2, 0.25) is 0 Å². The molecule has 0 aliphatic heterocycles. The van der Waals surface area contributed by atoms with Gasteiger partial charge in [0.15, 0.2) is 0 Å². The number of urea groups is 1. The summed E-state index contributed by atoms with van der Waals surface area (Å²) < 4.78 is 5.44. The molecule has 0 saturated carbocycles. The first-order chi connectivity index (χ1) is 8.68. The number of hydrogen-bond donors (Lipinski definition) is 3. The van der Waals surface area contributed by atoms with Crippen molar-refractivity contribution in [3.05, 3.63) is 0 Å². The molecule has 0 aliphatic carbocycles. The van der Waals surface area contributed by atoms with Crippen LogP contribution in [-0.4, -0.2) is 41.9 Å². The zero-order valence-corrected chi connectivity index (χ0v) is 12.4. The molecule has 0 unspecified atom stereocenters. The van der Waals surface area contributed by atoms with E-state index in [0.717, 1.165) is 0 Å². The molecule has 6 heteroatoms. The lowest BCUT2D eigenvalue weighted by atomic mass is 10.0. The van der Waals surface area contributed by atoms with Crippen molar-refractivity contribution in [1.29, 1.82) is 0 Å². The highest BCUT2D eigenvalue weighted by molar-refractivity contribution is 5.82. The van der Waals surface area contributed by atoms with Crippen molar-refractivity contribution in [2.45, 2.75) is 52.7 Å². The molecule has 1 atom stereocenters. The van der Waals surface area contributed by atoms with E-state index in [-0.39, 0.29) is 5.92 Å². The molecule has 0 radical (unpaired) electrons. The van der Waals surface area contributed by atoms with Crippen LogP contribution in [0.15, 0.2) is 0 Å². The number of carboxylic acid groups (broad SMARTS) is 1. The minimum atomic E-state index is -1.02. The Morgan fingerprint density at radius 3 is 2.32 bits per heavy atom. The predicted octanol–water partition coefficient (Wildman–Crippen LogP) is 1.60. The Labute approximate surface area is 114 Å². The summed E-state index contributed by atoms with van der Waals surface area (Å²) in [5, 5.41) is 14.1. The molecule has 0 aliphatic rings. The molecule has 0 fully saturated rings. The monoisotopic (exact) mass is 274 g/mol. The van der Waals surface area contributed by atoms with Crippen LogP contribution in [0.4, 0.5) is 4.79 Å². The van der Waals surface area contributed by atoms with Crippen LogP contribution < -0.4 is 10.6 Å². The van der Waals surface area contributed by atoms with Crippen molar-refractivity contribution in [2.24, 2.45) is 5.92 Å². The quantitative estimate of drug-likeness (QED) is 0.627. The highest BCUT2D eigenvalue weighted by Gasteiger charge is 2.23. The minimum Gasteiger partial charge on any atom is -0.480 e. The van der Waals surface area contributed by atoms with E-state index in [1.807, 2.05) is 34.6 Å². The van der Waals surface area contributed by atoms with Crippen molar-refractivity contribution >= 4 is 12.0 Å². The van der Waals surface area contributed by atoms with Gasteiger partial charge < -0.3 is 20.5 Å². The van der Waals surface area contributed by atoms with Gasteiger partial charge >= 0.3 is 12.0 Å². The summed E-state index contributed by atoms with van der Waals surface area (Å²) in [7, 11) is 0. The standard InChI is InChI=1S/C13H26N2O4/c1-6-19-13(4,5)8-14-12(18)15-10(11(16)17)7-9(2)3/h9-10H,6-8H2,1-5H3,(H,16,17)(H2,14,15,18)/t10-/m0/s1. The minimum absolute atomic E-state index is 0.196. The van der Waals surface area contributed by atoms with Gasteiger partial charge in [0.05, 0.1) is 5.60 Å². The number of carbonyl (C=O) groups excluding carboxylic acids is 1. The van der Waals surface area contributed by atoms with Crippen molar-refractivity contribution in [3.63, 3.8) is 0 Å². The Bertz CT molecular complexity index is 303. The molecule has 0 heterocycles. The average molecular weight is 274 g/mol. The number of carbonyl (C=O) groups is 2. The fraction of sp³-hybridized carbons (Fsp3) is 0.846. The smallest absolute Gasteiger partial charge is 0.326 e. The van der Waals surface area contributed by atoms with Crippen LogP contribution in [0.1, 0.15) is 41.0 Å². The van der Waals surface area contributed by atoms with E-state index in [1.54, 1.807) is 0 Å². The first kappa shape index (κ1) is 17.7. The molecule has 6 nitrogen and oxygen atoms in total. The zero-order valence-electron chi connectivity index (χ0n) is 12.4. The third kappa shape index (κ3) is 8.42. The van der Waals surface area contributed by atoms with Crippen molar-refractivity contribution in [1.82, 2.24) is 10.6 Å². The first-order valence-corrected chi connectivity index (χ1v) is 6.59. The number of aliphatic carboxylic acids is 1. The second-order valence-electron chi connectivity index (χ2n) is 5.54. The molecule has 0 rings (SSSR count). The summed E-state index contributed by atoms with van der Waals surface area (Å²) in [5.41, 5.74) is -0.469. The lowest BCUT2D eigenvalue weighted by Crippen LogP contribution is -2.50. The number of rotatable bonds is 8. The van der Waals surface area contributed by atoms with E-state index >= 15 is 0 Å². The maximum Gasteiger partial charge on any atom is 0.326 e. The first-order valence-electron chi connectivity index (χ1n) is 6.59. The molecule has 0 aromatic heterocycles. The van der Waals surface area contributed by atoms with Crippen LogP contribution in [0.5, 0.6) is 0 Å². The Hall–Kier alpha value is -1.30. The van der Waals surface area contributed by atoms with E-state index < -0.39 is 23.6 Å². The maximum absolute atomic E-state index is 11.6. The van der Waals surface area contributed by atoms with Crippen LogP contribution in [0.25, 0.3) is 0 Å². The van der Waals surface area contributed by atoms with Crippen molar-refractivity contribution in [3.8, 4) is 0 Å². The van der Waals surface area contributed by atoms with Gasteiger partial charge in [-0.15, -0.1) is 0 Å². The molecule has 0 saturated heterocycles. The third-order valence-corrected chi connectivity index (χ3v) is 2.52. The van der Waals surface area contributed by atoms with Gasteiger partial charge in [-0.1, -0.05) is 13.8 Å². The Balaban J connectivity index is 4.24. The van der Waals surface area contributed by atoms with Crippen molar-refractivity contribution < 1.29 is 19.4 Å². The molecule has 0 aromatic carbocycles. The Morgan fingerprint density at radius 2 is 1.89 bits per heavy atom. The molecular formula is C13H26N2O4. The molecule has 0 spiro atoms. The summed E-state index contributed by atoms with van der Waals surface area (Å²) in [5.74, 6) is -0.825. The highest BCUT2D eigenvalue weighted by atomic mass is 16.5. The predicted molar refractivity (Wildman–Crippen MR) is 73.1 cm³/mol. The third-order valence-electron chi connectivity index (χ3n) is 2.52. The van der Waals surface area contributed by atoms with E-state index in [4.69, 9.17) is 9.84 Å². The van der Waals surface area contributed by atoms with Gasteiger partial charge in [0.2, 0.25) is 0 Å². The SMILES string of the molecule is CCOC(C)(C)CNC(=O)N[C@@H](CC(C)C)C(=O)O. The number of amides is 2. The Morgan fingerprint density at radius 1 is 1.32 bits per heavy atom. The molecule has 19 heavy (non-hydrogen) atoms. The maximum atomic E-state index is 11.6. The largest absolute Gasteiger partial charge is 0.480 e. The summed E-state index contributed by atoms with van der Waals surface area (Å²) in [6.07, 6.45) is 0.400. The fourth-order valence-corrected chi connectivity index (χ4v) is 1.64. The average Bonchev–Trinajstić information content (AvgIpc) is 2.25. The van der Waals surface area contributed by atoms with E-state index in [1.165, 1.54) is 0 Å². The molecule has 3 N–H and O–H groups in total. The summed E-state index contributed by atoms with van der Waals surface area (Å²) in [6, 6.07) is -1.35. The van der Waals surface area contributed by atoms with Crippen LogP contribution in [0.3, 0.4) is 0 Å². The summed E-state index contributed by atoms with van der Waals surface area (Å²) in [4.78, 5) is 22.7. The van der Waals surface area contributed by atoms with Gasteiger partial charge in [0.1, 0.15) is 6.04 Å². The lowest BCUT2D eigenvalue weighted by Gasteiger charge is -2.25. The van der Waals surface area contributed by atoms with Crippen LogP contribution >= 0.6 is 0 Å². The topological polar surface area (TPSA) is 87.7 Å². The van der Waals surface area contributed by atoms with Crippen LogP contribution in [0, 0.1) is 5.92 Å². The second-order valence-corrected chi connectivity index (χ2v) is 5.54. The van der Waals surface area contributed by atoms with Gasteiger partial charge in [-0.2, -0.15) is 0 Å². The van der Waals surface area contributed by atoms with Gasteiger partial charge in [0, 0.05) is 13.2 Å². The van der Waals surface area contributed by atoms with Gasteiger partial charge in [-0.25, -0.2) is 9.59 Å². The number of hydrogen-bond acceptors (Lipinski definition) is 3. The van der Waals surface area contributed by atoms with Gasteiger partial charge in [-0.05, 0) is 33.1 Å². The molecular weight excluding hydrogens is 248 g/mol. The molecule has 2 amide bonds. The fourth-order valence-electron chi connectivity index (χ4n) is 1.64. The number of ether oxygens (including phenoxy) is 1. The molecule has 112 valence electrons. The molecule has 0 bridgehead atoms. The Kier molecular flexibility index (Phi) is 7.44. The summed E-state index contributed by atoms with van der Waals surface area (Å²) in [6.45, 7) is 10.3.